The zero-order valence-electron chi connectivity index (χ0n) is 16.3. The van der Waals surface area contributed by atoms with Gasteiger partial charge in [-0.15, -0.1) is 6.58 Å². The minimum Gasteiger partial charge on any atom is -0.491 e. The van der Waals surface area contributed by atoms with Gasteiger partial charge in [-0.2, -0.15) is 0 Å². The van der Waals surface area contributed by atoms with E-state index in [-0.39, 0.29) is 23.7 Å². The van der Waals surface area contributed by atoms with Crippen LogP contribution in [0.1, 0.15) is 53.5 Å². The Kier molecular flexibility index (Phi) is 6.13. The molecule has 0 saturated carbocycles. The second-order valence-electron chi connectivity index (χ2n) is 6.98. The Balaban J connectivity index is 1.80. The second kappa shape index (κ2) is 8.73. The van der Waals surface area contributed by atoms with E-state index in [1.165, 1.54) is 0 Å². The van der Waals surface area contributed by atoms with Gasteiger partial charge in [-0.3, -0.25) is 9.59 Å². The molecule has 7 heteroatoms. The highest BCUT2D eigenvalue weighted by Crippen LogP contribution is 2.23. The number of benzene rings is 1. The fourth-order valence-electron chi connectivity index (χ4n) is 3.22. The van der Waals surface area contributed by atoms with Crippen LogP contribution in [0.3, 0.4) is 0 Å². The van der Waals surface area contributed by atoms with Crippen molar-refractivity contribution in [3.05, 3.63) is 54.1 Å². The van der Waals surface area contributed by atoms with Crippen LogP contribution in [0.2, 0.25) is 0 Å². The van der Waals surface area contributed by atoms with Crippen molar-refractivity contribution in [1.29, 1.82) is 0 Å². The molecule has 1 aliphatic rings. The summed E-state index contributed by atoms with van der Waals surface area (Å²) in [5.41, 5.74) is 1.77. The Morgan fingerprint density at radius 3 is 2.68 bits per heavy atom. The summed E-state index contributed by atoms with van der Waals surface area (Å²) in [4.78, 5) is 29.6. The van der Waals surface area contributed by atoms with E-state index in [4.69, 9.17) is 4.74 Å². The van der Waals surface area contributed by atoms with Crippen LogP contribution in [0, 0.1) is 0 Å². The number of amides is 2. The zero-order valence-corrected chi connectivity index (χ0v) is 16.3. The molecule has 0 radical (unpaired) electrons. The monoisotopic (exact) mass is 382 g/mol. The molecule has 1 aromatic heterocycles. The van der Waals surface area contributed by atoms with Gasteiger partial charge < -0.3 is 19.9 Å². The summed E-state index contributed by atoms with van der Waals surface area (Å²) in [7, 11) is 0. The van der Waals surface area contributed by atoms with Gasteiger partial charge in [0.05, 0.1) is 11.8 Å². The van der Waals surface area contributed by atoms with Crippen molar-refractivity contribution in [1.82, 2.24) is 14.9 Å². The number of nitrogens with zero attached hydrogens (tertiary/aromatic N) is 2. The zero-order chi connectivity index (χ0) is 20.1. The van der Waals surface area contributed by atoms with E-state index in [9.17, 15) is 9.59 Å². The van der Waals surface area contributed by atoms with Crippen LogP contribution in [0.4, 0.5) is 5.69 Å². The van der Waals surface area contributed by atoms with Crippen LogP contribution in [-0.2, 0) is 13.0 Å². The maximum Gasteiger partial charge on any atom is 0.287 e. The molecule has 7 nitrogen and oxygen atoms in total. The number of hydrogen-bond donors (Lipinski definition) is 2. The lowest BCUT2D eigenvalue weighted by Crippen LogP contribution is -2.28. The third-order valence-electron chi connectivity index (χ3n) is 4.43. The summed E-state index contributed by atoms with van der Waals surface area (Å²) < 4.78 is 7.47. The van der Waals surface area contributed by atoms with E-state index >= 15 is 0 Å². The summed E-state index contributed by atoms with van der Waals surface area (Å²) in [6, 6.07) is 7.20. The molecule has 0 atom stereocenters. The Morgan fingerprint density at radius 2 is 2.00 bits per heavy atom. The molecular weight excluding hydrogens is 356 g/mol. The summed E-state index contributed by atoms with van der Waals surface area (Å²) >= 11 is 0. The molecule has 28 heavy (non-hydrogen) atoms. The van der Waals surface area contributed by atoms with Crippen molar-refractivity contribution in [2.24, 2.45) is 0 Å². The Bertz CT molecular complexity index is 869. The first-order valence-electron chi connectivity index (χ1n) is 9.56. The predicted octanol–water partition coefficient (Wildman–Crippen LogP) is 3.17. The number of aromatic nitrogens is 2. The molecule has 0 spiro atoms. The molecule has 3 rings (SSSR count). The summed E-state index contributed by atoms with van der Waals surface area (Å²) in [6.07, 6.45) is 4.36. The average molecular weight is 382 g/mol. The van der Waals surface area contributed by atoms with Gasteiger partial charge in [-0.25, -0.2) is 4.98 Å². The Morgan fingerprint density at radius 1 is 1.25 bits per heavy atom. The predicted molar refractivity (Wildman–Crippen MR) is 108 cm³/mol. The van der Waals surface area contributed by atoms with E-state index in [2.05, 4.69) is 22.2 Å². The quantitative estimate of drug-likeness (QED) is 0.720. The van der Waals surface area contributed by atoms with Crippen molar-refractivity contribution in [2.45, 2.75) is 45.8 Å². The number of anilines is 1. The van der Waals surface area contributed by atoms with Gasteiger partial charge in [-0.05, 0) is 57.4 Å². The number of imidazole rings is 1. The molecule has 2 amide bonds. The standard InChI is InChI=1S/C21H26N4O3/c1-4-12-22-21(27)19-24-18(17-7-5-6-13-25(17)19)20(26)23-15-8-10-16(11-9-15)28-14(2)3/h4,8-11,14H,1,5-7,12-13H2,2-3H3,(H,22,27)(H,23,26). The smallest absolute Gasteiger partial charge is 0.287 e. The molecular formula is C21H26N4O3. The highest BCUT2D eigenvalue weighted by molar-refractivity contribution is 6.05. The summed E-state index contributed by atoms with van der Waals surface area (Å²) in [5.74, 6) is 0.416. The number of carbonyl (C=O) groups excluding carboxylic acids is 2. The van der Waals surface area contributed by atoms with Gasteiger partial charge in [0, 0.05) is 18.8 Å². The van der Waals surface area contributed by atoms with Crippen LogP contribution in [0.15, 0.2) is 36.9 Å². The average Bonchev–Trinajstić information content (AvgIpc) is 3.07. The summed E-state index contributed by atoms with van der Waals surface area (Å²) in [6.45, 7) is 8.56. The summed E-state index contributed by atoms with van der Waals surface area (Å²) in [5, 5.41) is 5.60. The van der Waals surface area contributed by atoms with Crippen LogP contribution in [0.5, 0.6) is 5.75 Å². The number of nitrogens with one attached hydrogen (secondary N) is 2. The topological polar surface area (TPSA) is 85.2 Å². The van der Waals surface area contributed by atoms with E-state index in [0.29, 0.717) is 24.5 Å². The van der Waals surface area contributed by atoms with Crippen LogP contribution in [-0.4, -0.2) is 34.0 Å². The molecule has 1 aromatic carbocycles. The molecule has 148 valence electrons. The fourth-order valence-corrected chi connectivity index (χ4v) is 3.22. The highest BCUT2D eigenvalue weighted by atomic mass is 16.5. The normalized spacial score (nSPS) is 13.0. The minimum absolute atomic E-state index is 0.0863. The van der Waals surface area contributed by atoms with E-state index < -0.39 is 0 Å². The molecule has 2 heterocycles. The Labute approximate surface area is 164 Å². The molecule has 0 unspecified atom stereocenters. The third kappa shape index (κ3) is 4.42. The van der Waals surface area contributed by atoms with Gasteiger partial charge in [0.2, 0.25) is 0 Å². The number of rotatable bonds is 7. The molecule has 0 aliphatic carbocycles. The van der Waals surface area contributed by atoms with Crippen LogP contribution >= 0.6 is 0 Å². The van der Waals surface area contributed by atoms with Gasteiger partial charge >= 0.3 is 0 Å². The lowest BCUT2D eigenvalue weighted by atomic mass is 10.1. The molecule has 2 aromatic rings. The maximum absolute atomic E-state index is 12.8. The molecule has 0 bridgehead atoms. The fraction of sp³-hybridized carbons (Fsp3) is 0.381. The SMILES string of the molecule is C=CCNC(=O)c1nc(C(=O)Nc2ccc(OC(C)C)cc2)c2n1CCCC2. The van der Waals surface area contributed by atoms with E-state index in [1.807, 2.05) is 30.5 Å². The number of carbonyl (C=O) groups is 2. The maximum atomic E-state index is 12.8. The van der Waals surface area contributed by atoms with Crippen molar-refractivity contribution in [2.75, 3.05) is 11.9 Å². The van der Waals surface area contributed by atoms with E-state index in [0.717, 1.165) is 30.7 Å². The van der Waals surface area contributed by atoms with Crippen molar-refractivity contribution >= 4 is 17.5 Å². The number of hydrogen-bond acceptors (Lipinski definition) is 4. The second-order valence-corrected chi connectivity index (χ2v) is 6.98. The van der Waals surface area contributed by atoms with Gasteiger partial charge in [0.15, 0.2) is 11.5 Å². The molecule has 1 aliphatic heterocycles. The first kappa shape index (κ1) is 19.7. The van der Waals surface area contributed by atoms with E-state index in [1.54, 1.807) is 18.2 Å². The Hall–Kier alpha value is -3.09. The first-order valence-corrected chi connectivity index (χ1v) is 9.56. The largest absolute Gasteiger partial charge is 0.491 e. The van der Waals surface area contributed by atoms with Crippen molar-refractivity contribution < 1.29 is 14.3 Å². The molecule has 0 saturated heterocycles. The van der Waals surface area contributed by atoms with Crippen LogP contribution in [0.25, 0.3) is 0 Å². The molecule has 2 N–H and O–H groups in total. The third-order valence-corrected chi connectivity index (χ3v) is 4.43. The van der Waals surface area contributed by atoms with Gasteiger partial charge in [0.1, 0.15) is 5.75 Å². The van der Waals surface area contributed by atoms with Crippen LogP contribution < -0.4 is 15.4 Å². The first-order chi connectivity index (χ1) is 13.5. The lowest BCUT2D eigenvalue weighted by Gasteiger charge is -2.17. The van der Waals surface area contributed by atoms with Gasteiger partial charge in [0.25, 0.3) is 11.8 Å². The van der Waals surface area contributed by atoms with Crippen molar-refractivity contribution in [3.8, 4) is 5.75 Å². The lowest BCUT2D eigenvalue weighted by molar-refractivity contribution is 0.0942. The molecule has 0 fully saturated rings. The number of ether oxygens (including phenoxy) is 1. The van der Waals surface area contributed by atoms with Gasteiger partial charge in [-0.1, -0.05) is 6.08 Å². The highest BCUT2D eigenvalue weighted by Gasteiger charge is 2.27. The number of fused-ring (bicyclic) bond motifs is 1. The minimum atomic E-state index is -0.314. The van der Waals surface area contributed by atoms with Crippen molar-refractivity contribution in [3.63, 3.8) is 0 Å².